The molecule has 2 N–H and O–H groups in total. The van der Waals surface area contributed by atoms with E-state index in [1.807, 2.05) is 30.0 Å². The third kappa shape index (κ3) is 2.68. The Hall–Kier alpha value is -1.81. The molecule has 2 aromatic rings. The van der Waals surface area contributed by atoms with E-state index in [0.29, 0.717) is 17.8 Å². The van der Waals surface area contributed by atoms with Gasteiger partial charge in [-0.3, -0.25) is 4.79 Å². The van der Waals surface area contributed by atoms with Crippen molar-refractivity contribution in [1.29, 1.82) is 0 Å². The molecule has 0 saturated heterocycles. The van der Waals surface area contributed by atoms with Crippen LogP contribution in [0.15, 0.2) is 40.9 Å². The zero-order chi connectivity index (χ0) is 15.0. The number of amides is 1. The molecule has 0 unspecified atom stereocenters. The average molecular weight is 345 g/mol. The molecule has 2 aromatic carbocycles. The van der Waals surface area contributed by atoms with Crippen molar-refractivity contribution in [2.24, 2.45) is 0 Å². The van der Waals surface area contributed by atoms with Gasteiger partial charge in [-0.25, -0.2) is 0 Å². The van der Waals surface area contributed by atoms with Crippen molar-refractivity contribution < 1.29 is 4.79 Å². The quantitative estimate of drug-likeness (QED) is 0.804. The van der Waals surface area contributed by atoms with Crippen molar-refractivity contribution >= 4 is 27.5 Å². The lowest BCUT2D eigenvalue weighted by molar-refractivity contribution is 0.0734. The van der Waals surface area contributed by atoms with Crippen LogP contribution in [-0.4, -0.2) is 17.4 Å². The van der Waals surface area contributed by atoms with Gasteiger partial charge in [0.15, 0.2) is 0 Å². The van der Waals surface area contributed by atoms with Crippen LogP contribution in [0.5, 0.6) is 0 Å². The number of rotatable bonds is 1. The second kappa shape index (κ2) is 5.53. The fourth-order valence-electron chi connectivity index (χ4n) is 2.76. The third-order valence-corrected chi connectivity index (χ3v) is 4.52. The van der Waals surface area contributed by atoms with Crippen LogP contribution in [0.1, 0.15) is 27.0 Å². The lowest BCUT2D eigenvalue weighted by Gasteiger charge is -2.29. The molecular formula is C17H17BrN2O. The highest BCUT2D eigenvalue weighted by Gasteiger charge is 2.23. The van der Waals surface area contributed by atoms with Gasteiger partial charge in [0, 0.05) is 28.8 Å². The summed E-state index contributed by atoms with van der Waals surface area (Å²) < 4.78 is 0.839. The molecule has 3 rings (SSSR count). The van der Waals surface area contributed by atoms with E-state index in [9.17, 15) is 4.79 Å². The van der Waals surface area contributed by atoms with Gasteiger partial charge in [-0.05, 0) is 42.2 Å². The Morgan fingerprint density at radius 3 is 2.71 bits per heavy atom. The van der Waals surface area contributed by atoms with Gasteiger partial charge in [-0.2, -0.15) is 0 Å². The Morgan fingerprint density at radius 1 is 1.24 bits per heavy atom. The number of benzene rings is 2. The molecule has 1 heterocycles. The summed E-state index contributed by atoms with van der Waals surface area (Å²) in [6.45, 7) is 3.31. The van der Waals surface area contributed by atoms with Gasteiger partial charge in [0.1, 0.15) is 0 Å². The number of hydrogen-bond donors (Lipinski definition) is 1. The fraction of sp³-hybridized carbons (Fsp3) is 0.235. The molecule has 0 atom stereocenters. The molecule has 0 bridgehead atoms. The monoisotopic (exact) mass is 344 g/mol. The number of nitrogens with zero attached hydrogens (tertiary/aromatic N) is 1. The number of nitrogens with two attached hydrogens (primary N) is 1. The molecule has 1 aliphatic heterocycles. The van der Waals surface area contributed by atoms with Crippen LogP contribution in [0, 0.1) is 6.92 Å². The van der Waals surface area contributed by atoms with E-state index in [0.717, 1.165) is 23.0 Å². The number of carbonyl (C=O) groups is 1. The first kappa shape index (κ1) is 14.1. The smallest absolute Gasteiger partial charge is 0.254 e. The van der Waals surface area contributed by atoms with E-state index in [1.165, 1.54) is 11.1 Å². The van der Waals surface area contributed by atoms with Crippen molar-refractivity contribution in [3.05, 3.63) is 63.1 Å². The predicted molar refractivity (Wildman–Crippen MR) is 88.2 cm³/mol. The minimum atomic E-state index is 0.0509. The first-order valence-electron chi connectivity index (χ1n) is 6.98. The van der Waals surface area contributed by atoms with E-state index in [1.54, 1.807) is 0 Å². The van der Waals surface area contributed by atoms with Crippen LogP contribution in [0.25, 0.3) is 0 Å². The van der Waals surface area contributed by atoms with Crippen molar-refractivity contribution in [2.45, 2.75) is 19.9 Å². The highest BCUT2D eigenvalue weighted by Crippen LogP contribution is 2.26. The lowest BCUT2D eigenvalue weighted by atomic mass is 9.98. The zero-order valence-corrected chi connectivity index (χ0v) is 13.5. The van der Waals surface area contributed by atoms with Crippen molar-refractivity contribution in [1.82, 2.24) is 4.90 Å². The predicted octanol–water partition coefficient (Wildman–Crippen LogP) is 3.54. The second-order valence-corrected chi connectivity index (χ2v) is 6.33. The van der Waals surface area contributed by atoms with Crippen LogP contribution in [0.3, 0.4) is 0 Å². The van der Waals surface area contributed by atoms with Gasteiger partial charge < -0.3 is 10.6 Å². The first-order valence-corrected chi connectivity index (χ1v) is 7.77. The molecule has 1 aliphatic rings. The SMILES string of the molecule is Cc1c(N)cc(Br)cc1C(=O)N1CCc2ccccc2C1. The van der Waals surface area contributed by atoms with Crippen LogP contribution in [0.4, 0.5) is 5.69 Å². The summed E-state index contributed by atoms with van der Waals surface area (Å²) in [7, 11) is 0. The Kier molecular flexibility index (Phi) is 3.72. The Labute approximate surface area is 132 Å². The molecule has 0 aromatic heterocycles. The molecule has 108 valence electrons. The largest absolute Gasteiger partial charge is 0.398 e. The molecular weight excluding hydrogens is 328 g/mol. The molecule has 1 amide bonds. The van der Waals surface area contributed by atoms with Gasteiger partial charge >= 0.3 is 0 Å². The van der Waals surface area contributed by atoms with E-state index >= 15 is 0 Å². The number of fused-ring (bicyclic) bond motifs is 1. The second-order valence-electron chi connectivity index (χ2n) is 5.41. The topological polar surface area (TPSA) is 46.3 Å². The molecule has 0 spiro atoms. The van der Waals surface area contributed by atoms with Gasteiger partial charge in [0.25, 0.3) is 5.91 Å². The van der Waals surface area contributed by atoms with Crippen molar-refractivity contribution in [2.75, 3.05) is 12.3 Å². The number of nitrogen functional groups attached to an aromatic ring is 1. The first-order chi connectivity index (χ1) is 10.1. The summed E-state index contributed by atoms with van der Waals surface area (Å²) in [6.07, 6.45) is 0.907. The van der Waals surface area contributed by atoms with Crippen LogP contribution >= 0.6 is 15.9 Å². The molecule has 0 aliphatic carbocycles. The maximum Gasteiger partial charge on any atom is 0.254 e. The Morgan fingerprint density at radius 2 is 1.95 bits per heavy atom. The summed E-state index contributed by atoms with van der Waals surface area (Å²) in [5, 5.41) is 0. The highest BCUT2D eigenvalue weighted by atomic mass is 79.9. The van der Waals surface area contributed by atoms with E-state index < -0.39 is 0 Å². The fourth-order valence-corrected chi connectivity index (χ4v) is 3.24. The van der Waals surface area contributed by atoms with Gasteiger partial charge in [0.2, 0.25) is 0 Å². The van der Waals surface area contributed by atoms with Crippen molar-refractivity contribution in [3.8, 4) is 0 Å². The summed E-state index contributed by atoms with van der Waals surface area (Å²) in [5.41, 5.74) is 10.7. The molecule has 21 heavy (non-hydrogen) atoms. The van der Waals surface area contributed by atoms with E-state index in [4.69, 9.17) is 5.73 Å². The normalized spacial score (nSPS) is 13.9. The summed E-state index contributed by atoms with van der Waals surface area (Å²) in [6, 6.07) is 12.0. The van der Waals surface area contributed by atoms with Crippen LogP contribution in [-0.2, 0) is 13.0 Å². The van der Waals surface area contributed by atoms with E-state index in [2.05, 4.69) is 34.1 Å². The standard InChI is InChI=1S/C17H17BrN2O/c1-11-15(8-14(18)9-16(11)19)17(21)20-7-6-12-4-2-3-5-13(12)10-20/h2-5,8-9H,6-7,10,19H2,1H3. The Bertz CT molecular complexity index is 712. The number of halogens is 1. The Balaban J connectivity index is 1.91. The van der Waals surface area contributed by atoms with E-state index in [-0.39, 0.29) is 5.91 Å². The minimum Gasteiger partial charge on any atom is -0.398 e. The molecule has 4 heteroatoms. The molecule has 0 radical (unpaired) electrons. The van der Waals surface area contributed by atoms with Crippen LogP contribution in [0.2, 0.25) is 0 Å². The van der Waals surface area contributed by atoms with Gasteiger partial charge in [0.05, 0.1) is 0 Å². The molecule has 0 fully saturated rings. The van der Waals surface area contributed by atoms with Crippen LogP contribution < -0.4 is 5.73 Å². The maximum atomic E-state index is 12.8. The summed E-state index contributed by atoms with van der Waals surface area (Å²) in [4.78, 5) is 14.7. The molecule has 3 nitrogen and oxygen atoms in total. The number of anilines is 1. The highest BCUT2D eigenvalue weighted by molar-refractivity contribution is 9.10. The molecule has 0 saturated carbocycles. The maximum absolute atomic E-state index is 12.8. The zero-order valence-electron chi connectivity index (χ0n) is 11.9. The third-order valence-electron chi connectivity index (χ3n) is 4.06. The summed E-state index contributed by atoms with van der Waals surface area (Å²) >= 11 is 3.41. The average Bonchev–Trinajstić information content (AvgIpc) is 2.49. The number of hydrogen-bond acceptors (Lipinski definition) is 2. The summed E-state index contributed by atoms with van der Waals surface area (Å²) in [5.74, 6) is 0.0509. The number of carbonyl (C=O) groups excluding carboxylic acids is 1. The van der Waals surface area contributed by atoms with Gasteiger partial charge in [-0.15, -0.1) is 0 Å². The lowest BCUT2D eigenvalue weighted by Crippen LogP contribution is -2.36. The minimum absolute atomic E-state index is 0.0509. The van der Waals surface area contributed by atoms with Gasteiger partial charge in [-0.1, -0.05) is 40.2 Å². The van der Waals surface area contributed by atoms with Crippen molar-refractivity contribution in [3.63, 3.8) is 0 Å².